The van der Waals surface area contributed by atoms with Crippen LogP contribution in [-0.4, -0.2) is 5.33 Å². The first-order valence-electron chi connectivity index (χ1n) is 6.61. The maximum atomic E-state index is 3.45. The molecule has 16 heavy (non-hydrogen) atoms. The number of alkyl halides is 1. The summed E-state index contributed by atoms with van der Waals surface area (Å²) >= 11 is 3.45. The third kappa shape index (κ3) is 13.8. The lowest BCUT2D eigenvalue weighted by Gasteiger charge is -1.97. The van der Waals surface area contributed by atoms with Crippen LogP contribution in [0.3, 0.4) is 0 Å². The Morgan fingerprint density at radius 3 is 2.38 bits per heavy atom. The standard InChI is InChI=1S/C15H25Br/c1-2-3-4-5-6-7-8-9-10-11-12-13-14-15-16/h4-5H,2-3,8-15H2,1H3/b5-4-. The predicted octanol–water partition coefficient (Wildman–Crippen LogP) is 5.47. The van der Waals surface area contributed by atoms with Gasteiger partial charge in [0.2, 0.25) is 0 Å². The van der Waals surface area contributed by atoms with E-state index in [2.05, 4.69) is 40.8 Å². The Morgan fingerprint density at radius 1 is 1.00 bits per heavy atom. The van der Waals surface area contributed by atoms with E-state index in [1.54, 1.807) is 0 Å². The Morgan fingerprint density at radius 2 is 1.69 bits per heavy atom. The van der Waals surface area contributed by atoms with Gasteiger partial charge in [0.15, 0.2) is 0 Å². The van der Waals surface area contributed by atoms with Gasteiger partial charge >= 0.3 is 0 Å². The van der Waals surface area contributed by atoms with Gasteiger partial charge in [0, 0.05) is 11.8 Å². The van der Waals surface area contributed by atoms with Gasteiger partial charge in [-0.15, -0.1) is 0 Å². The fourth-order valence-electron chi connectivity index (χ4n) is 1.46. The topological polar surface area (TPSA) is 0 Å². The second kappa shape index (κ2) is 14.8. The number of hydrogen-bond donors (Lipinski definition) is 0. The average Bonchev–Trinajstić information content (AvgIpc) is 2.31. The Bertz CT molecular complexity index is 207. The summed E-state index contributed by atoms with van der Waals surface area (Å²) in [5.41, 5.74) is 0. The number of hydrogen-bond acceptors (Lipinski definition) is 0. The third-order valence-electron chi connectivity index (χ3n) is 2.44. The van der Waals surface area contributed by atoms with Gasteiger partial charge in [-0.3, -0.25) is 0 Å². The van der Waals surface area contributed by atoms with E-state index in [0.717, 1.165) is 18.2 Å². The van der Waals surface area contributed by atoms with Crippen molar-refractivity contribution in [2.45, 2.75) is 64.7 Å². The Balaban J connectivity index is 3.13. The second-order valence-corrected chi connectivity index (χ2v) is 4.87. The summed E-state index contributed by atoms with van der Waals surface area (Å²) in [5.74, 6) is 6.30. The van der Waals surface area contributed by atoms with Crippen LogP contribution in [0, 0.1) is 11.8 Å². The van der Waals surface area contributed by atoms with Crippen LogP contribution in [0.15, 0.2) is 12.2 Å². The molecule has 0 nitrogen and oxygen atoms in total. The van der Waals surface area contributed by atoms with Gasteiger partial charge in [-0.25, -0.2) is 0 Å². The van der Waals surface area contributed by atoms with E-state index in [4.69, 9.17) is 0 Å². The molecule has 0 aliphatic heterocycles. The van der Waals surface area contributed by atoms with Crippen molar-refractivity contribution < 1.29 is 0 Å². The third-order valence-corrected chi connectivity index (χ3v) is 3.00. The fraction of sp³-hybridized carbons (Fsp3) is 0.733. The monoisotopic (exact) mass is 284 g/mol. The molecule has 0 fully saturated rings. The molecule has 0 aromatic rings. The Hall–Kier alpha value is -0.220. The van der Waals surface area contributed by atoms with Crippen LogP contribution >= 0.6 is 15.9 Å². The molecule has 0 aromatic carbocycles. The number of allylic oxidation sites excluding steroid dienone is 2. The maximum absolute atomic E-state index is 3.45. The molecule has 92 valence electrons. The molecule has 0 N–H and O–H groups in total. The van der Waals surface area contributed by atoms with E-state index >= 15 is 0 Å². The second-order valence-electron chi connectivity index (χ2n) is 4.07. The zero-order valence-electron chi connectivity index (χ0n) is 10.6. The fourth-order valence-corrected chi connectivity index (χ4v) is 1.85. The van der Waals surface area contributed by atoms with Crippen LogP contribution in [0.4, 0.5) is 0 Å². The molecule has 0 atom stereocenters. The van der Waals surface area contributed by atoms with Crippen LogP contribution in [0.25, 0.3) is 0 Å². The Labute approximate surface area is 110 Å². The van der Waals surface area contributed by atoms with E-state index in [1.165, 1.54) is 44.9 Å². The molecule has 1 heteroatoms. The lowest BCUT2D eigenvalue weighted by Crippen LogP contribution is -1.80. The highest BCUT2D eigenvalue weighted by atomic mass is 79.9. The molecule has 0 spiro atoms. The van der Waals surface area contributed by atoms with Crippen molar-refractivity contribution in [2.24, 2.45) is 0 Å². The van der Waals surface area contributed by atoms with Crippen molar-refractivity contribution in [3.05, 3.63) is 12.2 Å². The lowest BCUT2D eigenvalue weighted by molar-refractivity contribution is 0.616. The largest absolute Gasteiger partial charge is 0.0985 e. The normalized spacial score (nSPS) is 10.4. The molecule has 0 amide bonds. The Kier molecular flexibility index (Phi) is 14.6. The average molecular weight is 285 g/mol. The minimum absolute atomic E-state index is 1.06. The summed E-state index contributed by atoms with van der Waals surface area (Å²) in [4.78, 5) is 0. The van der Waals surface area contributed by atoms with Crippen molar-refractivity contribution in [3.8, 4) is 11.8 Å². The van der Waals surface area contributed by atoms with Crippen LogP contribution in [0.5, 0.6) is 0 Å². The molecule has 0 rings (SSSR count). The molecule has 0 saturated carbocycles. The van der Waals surface area contributed by atoms with Crippen molar-refractivity contribution in [1.29, 1.82) is 0 Å². The van der Waals surface area contributed by atoms with Crippen molar-refractivity contribution in [1.82, 2.24) is 0 Å². The highest BCUT2D eigenvalue weighted by molar-refractivity contribution is 9.09. The van der Waals surface area contributed by atoms with Gasteiger partial charge in [-0.2, -0.15) is 0 Å². The van der Waals surface area contributed by atoms with Gasteiger partial charge in [0.05, 0.1) is 0 Å². The number of unbranched alkanes of at least 4 members (excludes halogenated alkanes) is 7. The highest BCUT2D eigenvalue weighted by Crippen LogP contribution is 2.07. The zero-order chi connectivity index (χ0) is 11.9. The van der Waals surface area contributed by atoms with Crippen molar-refractivity contribution in [2.75, 3.05) is 5.33 Å². The molecule has 0 aliphatic carbocycles. The van der Waals surface area contributed by atoms with Gasteiger partial charge in [0.1, 0.15) is 0 Å². The van der Waals surface area contributed by atoms with Crippen LogP contribution < -0.4 is 0 Å². The van der Waals surface area contributed by atoms with Gasteiger partial charge in [-0.1, -0.05) is 72.9 Å². The first-order valence-corrected chi connectivity index (χ1v) is 7.73. The van der Waals surface area contributed by atoms with Crippen molar-refractivity contribution in [3.63, 3.8) is 0 Å². The van der Waals surface area contributed by atoms with E-state index in [0.29, 0.717) is 0 Å². The summed E-state index contributed by atoms with van der Waals surface area (Å²) in [5, 5.41) is 1.16. The quantitative estimate of drug-likeness (QED) is 0.299. The molecular formula is C15H25Br. The molecule has 0 aliphatic rings. The van der Waals surface area contributed by atoms with E-state index in [9.17, 15) is 0 Å². The lowest BCUT2D eigenvalue weighted by atomic mass is 10.1. The molecule has 0 saturated heterocycles. The van der Waals surface area contributed by atoms with Gasteiger partial charge < -0.3 is 0 Å². The van der Waals surface area contributed by atoms with E-state index < -0.39 is 0 Å². The van der Waals surface area contributed by atoms with Gasteiger partial charge in [-0.05, 0) is 25.3 Å². The van der Waals surface area contributed by atoms with Crippen molar-refractivity contribution >= 4 is 15.9 Å². The predicted molar refractivity (Wildman–Crippen MR) is 77.9 cm³/mol. The summed E-state index contributed by atoms with van der Waals surface area (Å²) in [6.07, 6.45) is 15.7. The first kappa shape index (κ1) is 15.8. The van der Waals surface area contributed by atoms with Crippen LogP contribution in [0.2, 0.25) is 0 Å². The van der Waals surface area contributed by atoms with E-state index in [-0.39, 0.29) is 0 Å². The SMILES string of the molecule is CCC/C=C\C#CCCCCCCCCBr. The minimum atomic E-state index is 1.06. The van der Waals surface area contributed by atoms with Gasteiger partial charge in [0.25, 0.3) is 0 Å². The molecule has 0 unspecified atom stereocenters. The smallest absolute Gasteiger partial charge is 0.00922 e. The molecule has 0 aromatic heterocycles. The van der Waals surface area contributed by atoms with Crippen LogP contribution in [0.1, 0.15) is 64.7 Å². The molecule has 0 bridgehead atoms. The molecular weight excluding hydrogens is 260 g/mol. The molecule has 0 heterocycles. The number of rotatable bonds is 9. The minimum Gasteiger partial charge on any atom is -0.0985 e. The maximum Gasteiger partial charge on any atom is 0.00922 e. The number of halogens is 1. The molecule has 0 radical (unpaired) electrons. The summed E-state index contributed by atoms with van der Waals surface area (Å²) in [6, 6.07) is 0. The summed E-state index contributed by atoms with van der Waals surface area (Å²) in [6.45, 7) is 2.19. The van der Waals surface area contributed by atoms with Crippen LogP contribution in [-0.2, 0) is 0 Å². The summed E-state index contributed by atoms with van der Waals surface area (Å²) < 4.78 is 0. The highest BCUT2D eigenvalue weighted by Gasteiger charge is 1.89. The summed E-state index contributed by atoms with van der Waals surface area (Å²) in [7, 11) is 0. The zero-order valence-corrected chi connectivity index (χ0v) is 12.2. The van der Waals surface area contributed by atoms with E-state index in [1.807, 2.05) is 6.08 Å². The first-order chi connectivity index (χ1) is 7.91.